The Balaban J connectivity index is 1.85. The maximum Gasteiger partial charge on any atom is 0.123 e. The number of hydrogen-bond donors (Lipinski definition) is 1. The molecule has 1 fully saturated rings. The molecule has 0 heterocycles. The fourth-order valence-corrected chi connectivity index (χ4v) is 2.45. The number of rotatable bonds is 8. The minimum absolute atomic E-state index is 0.729. The van der Waals surface area contributed by atoms with Crippen molar-refractivity contribution in [3.63, 3.8) is 0 Å². The zero-order valence-corrected chi connectivity index (χ0v) is 13.5. The average Bonchev–Trinajstić information content (AvgIpc) is 3.17. The van der Waals surface area contributed by atoms with Crippen LogP contribution in [0.4, 0.5) is 0 Å². The number of ether oxygens (including phenoxy) is 1. The summed E-state index contributed by atoms with van der Waals surface area (Å²) in [6.07, 6.45) is 4.99. The first kappa shape index (κ1) is 14.9. The molecule has 1 aromatic carbocycles. The minimum atomic E-state index is 0.729. The summed E-state index contributed by atoms with van der Waals surface area (Å²) in [6, 6.07) is 7.02. The number of hydrogen-bond acceptors (Lipinski definition) is 2. The summed E-state index contributed by atoms with van der Waals surface area (Å²) in [5, 5.41) is 3.55. The highest BCUT2D eigenvalue weighted by atomic mass is 79.9. The van der Waals surface area contributed by atoms with E-state index in [2.05, 4.69) is 53.3 Å². The van der Waals surface area contributed by atoms with Crippen molar-refractivity contribution in [1.29, 1.82) is 0 Å². The molecule has 0 spiro atoms. The highest BCUT2D eigenvalue weighted by Gasteiger charge is 2.20. The monoisotopic (exact) mass is 325 g/mol. The van der Waals surface area contributed by atoms with Crippen LogP contribution in [0.25, 0.3) is 0 Å². The molecule has 0 amide bonds. The van der Waals surface area contributed by atoms with Gasteiger partial charge in [0.15, 0.2) is 0 Å². The molecule has 19 heavy (non-hydrogen) atoms. The van der Waals surface area contributed by atoms with E-state index >= 15 is 0 Å². The second kappa shape index (κ2) is 7.30. The fraction of sp³-hybridized carbons (Fsp3) is 0.625. The Labute approximate surface area is 125 Å². The van der Waals surface area contributed by atoms with Crippen LogP contribution in [-0.2, 0) is 6.54 Å². The Morgan fingerprint density at radius 1 is 1.37 bits per heavy atom. The van der Waals surface area contributed by atoms with Gasteiger partial charge < -0.3 is 10.1 Å². The predicted octanol–water partition coefficient (Wildman–Crippen LogP) is 4.52. The van der Waals surface area contributed by atoms with E-state index in [0.717, 1.165) is 41.8 Å². The standard InChI is InChI=1S/C16H24BrNO/c1-12(2)4-3-9-19-16-8-5-14(17)10-13(16)11-18-15-6-7-15/h5,8,10,12,15,18H,3-4,6-7,9,11H2,1-2H3. The van der Waals surface area contributed by atoms with Crippen molar-refractivity contribution in [1.82, 2.24) is 5.32 Å². The van der Waals surface area contributed by atoms with Crippen LogP contribution < -0.4 is 10.1 Å². The second-order valence-corrected chi connectivity index (χ2v) is 6.71. The zero-order valence-electron chi connectivity index (χ0n) is 11.9. The maximum absolute atomic E-state index is 5.93. The topological polar surface area (TPSA) is 21.3 Å². The second-order valence-electron chi connectivity index (χ2n) is 5.79. The lowest BCUT2D eigenvalue weighted by Crippen LogP contribution is -2.16. The fourth-order valence-electron chi connectivity index (χ4n) is 2.04. The van der Waals surface area contributed by atoms with Crippen LogP contribution >= 0.6 is 15.9 Å². The average molecular weight is 326 g/mol. The van der Waals surface area contributed by atoms with Crippen molar-refractivity contribution in [2.24, 2.45) is 5.92 Å². The minimum Gasteiger partial charge on any atom is -0.493 e. The van der Waals surface area contributed by atoms with E-state index in [-0.39, 0.29) is 0 Å². The van der Waals surface area contributed by atoms with E-state index in [1.54, 1.807) is 0 Å². The summed E-state index contributed by atoms with van der Waals surface area (Å²) >= 11 is 3.54. The van der Waals surface area contributed by atoms with E-state index in [0.29, 0.717) is 0 Å². The summed E-state index contributed by atoms with van der Waals surface area (Å²) in [4.78, 5) is 0. The van der Waals surface area contributed by atoms with E-state index < -0.39 is 0 Å². The third kappa shape index (κ3) is 5.53. The van der Waals surface area contributed by atoms with Crippen LogP contribution in [0.3, 0.4) is 0 Å². The van der Waals surface area contributed by atoms with Crippen molar-refractivity contribution in [3.8, 4) is 5.75 Å². The summed E-state index contributed by atoms with van der Waals surface area (Å²) < 4.78 is 7.05. The molecule has 0 saturated heterocycles. The van der Waals surface area contributed by atoms with Gasteiger partial charge in [-0.25, -0.2) is 0 Å². The van der Waals surface area contributed by atoms with Crippen LogP contribution in [0.15, 0.2) is 22.7 Å². The highest BCUT2D eigenvalue weighted by molar-refractivity contribution is 9.10. The third-order valence-corrected chi connectivity index (χ3v) is 3.86. The predicted molar refractivity (Wildman–Crippen MR) is 83.6 cm³/mol. The van der Waals surface area contributed by atoms with Gasteiger partial charge in [-0.2, -0.15) is 0 Å². The summed E-state index contributed by atoms with van der Waals surface area (Å²) in [5.41, 5.74) is 1.26. The smallest absolute Gasteiger partial charge is 0.123 e. The Bertz CT molecular complexity index is 402. The van der Waals surface area contributed by atoms with Gasteiger partial charge in [0.1, 0.15) is 5.75 Å². The van der Waals surface area contributed by atoms with Gasteiger partial charge in [0.2, 0.25) is 0 Å². The van der Waals surface area contributed by atoms with E-state index in [1.807, 2.05) is 0 Å². The van der Waals surface area contributed by atoms with Crippen molar-refractivity contribution >= 4 is 15.9 Å². The van der Waals surface area contributed by atoms with Gasteiger partial charge in [-0.05, 0) is 49.8 Å². The molecular weight excluding hydrogens is 302 g/mol. The zero-order chi connectivity index (χ0) is 13.7. The van der Waals surface area contributed by atoms with Gasteiger partial charge in [0.25, 0.3) is 0 Å². The van der Waals surface area contributed by atoms with Crippen LogP contribution in [0.2, 0.25) is 0 Å². The molecule has 1 aliphatic carbocycles. The van der Waals surface area contributed by atoms with Crippen LogP contribution in [0.5, 0.6) is 5.75 Å². The normalized spacial score (nSPS) is 14.9. The van der Waals surface area contributed by atoms with Gasteiger partial charge in [0, 0.05) is 22.6 Å². The van der Waals surface area contributed by atoms with Crippen LogP contribution in [0.1, 0.15) is 45.1 Å². The maximum atomic E-state index is 5.93. The van der Waals surface area contributed by atoms with Crippen LogP contribution in [0, 0.1) is 5.92 Å². The van der Waals surface area contributed by atoms with Gasteiger partial charge in [-0.15, -0.1) is 0 Å². The molecule has 2 nitrogen and oxygen atoms in total. The molecule has 1 N–H and O–H groups in total. The molecule has 0 bridgehead atoms. The van der Waals surface area contributed by atoms with Crippen molar-refractivity contribution in [2.75, 3.05) is 6.61 Å². The third-order valence-electron chi connectivity index (χ3n) is 3.36. The lowest BCUT2D eigenvalue weighted by molar-refractivity contribution is 0.294. The van der Waals surface area contributed by atoms with E-state index in [9.17, 15) is 0 Å². The molecule has 0 aliphatic heterocycles. The summed E-state index contributed by atoms with van der Waals surface area (Å²) in [5.74, 6) is 1.78. The molecule has 0 aromatic heterocycles. The summed E-state index contributed by atoms with van der Waals surface area (Å²) in [7, 11) is 0. The number of halogens is 1. The first-order valence-electron chi connectivity index (χ1n) is 7.30. The molecule has 1 aliphatic rings. The molecule has 0 unspecified atom stereocenters. The van der Waals surface area contributed by atoms with Crippen LogP contribution in [-0.4, -0.2) is 12.6 Å². The lowest BCUT2D eigenvalue weighted by Gasteiger charge is -2.13. The number of nitrogens with one attached hydrogen (secondary N) is 1. The molecule has 1 saturated carbocycles. The van der Waals surface area contributed by atoms with Gasteiger partial charge in [-0.3, -0.25) is 0 Å². The van der Waals surface area contributed by atoms with Crippen molar-refractivity contribution in [2.45, 2.75) is 52.1 Å². The molecule has 0 radical (unpaired) electrons. The molecule has 3 heteroatoms. The molecule has 2 rings (SSSR count). The quantitative estimate of drug-likeness (QED) is 0.710. The molecular formula is C16H24BrNO. The van der Waals surface area contributed by atoms with Gasteiger partial charge in [-0.1, -0.05) is 29.8 Å². The Morgan fingerprint density at radius 2 is 2.16 bits per heavy atom. The molecule has 0 atom stereocenters. The summed E-state index contributed by atoms with van der Waals surface area (Å²) in [6.45, 7) is 6.23. The number of benzene rings is 1. The molecule has 1 aromatic rings. The SMILES string of the molecule is CC(C)CCCOc1ccc(Br)cc1CNC1CC1. The van der Waals surface area contributed by atoms with E-state index in [1.165, 1.54) is 24.8 Å². The largest absolute Gasteiger partial charge is 0.493 e. The van der Waals surface area contributed by atoms with Gasteiger partial charge in [0.05, 0.1) is 6.61 Å². The van der Waals surface area contributed by atoms with Crippen molar-refractivity contribution < 1.29 is 4.74 Å². The first-order valence-corrected chi connectivity index (χ1v) is 8.09. The first-order chi connectivity index (χ1) is 9.15. The lowest BCUT2D eigenvalue weighted by atomic mass is 10.1. The highest BCUT2D eigenvalue weighted by Crippen LogP contribution is 2.25. The molecule has 106 valence electrons. The Kier molecular flexibility index (Phi) is 5.71. The van der Waals surface area contributed by atoms with Crippen molar-refractivity contribution in [3.05, 3.63) is 28.2 Å². The van der Waals surface area contributed by atoms with Gasteiger partial charge >= 0.3 is 0 Å². The Morgan fingerprint density at radius 3 is 2.84 bits per heavy atom. The Hall–Kier alpha value is -0.540. The van der Waals surface area contributed by atoms with E-state index in [4.69, 9.17) is 4.74 Å².